The average molecular weight is 219 g/mol. The first-order chi connectivity index (χ1) is 7.49. The largest absolute Gasteiger partial charge is 0.396 e. The number of aryl methyl sites for hydroxylation is 1. The van der Waals surface area contributed by atoms with Gasteiger partial charge >= 0.3 is 0 Å². The van der Waals surface area contributed by atoms with E-state index in [1.54, 1.807) is 0 Å². The highest BCUT2D eigenvalue weighted by molar-refractivity contribution is 5.62. The molecule has 1 aliphatic carbocycles. The highest BCUT2D eigenvalue weighted by atomic mass is 15.0. The smallest absolute Gasteiger partial charge is 0.149 e. The number of nitrogens with one attached hydrogen (secondary N) is 1. The maximum atomic E-state index is 5.96. The van der Waals surface area contributed by atoms with E-state index in [9.17, 15) is 0 Å². The lowest BCUT2D eigenvalue weighted by Gasteiger charge is -2.28. The van der Waals surface area contributed by atoms with Gasteiger partial charge in [-0.1, -0.05) is 20.3 Å². The fraction of sp³-hybridized carbons (Fsp3) is 0.615. The molecule has 0 aliphatic heterocycles. The van der Waals surface area contributed by atoms with Crippen LogP contribution in [0, 0.1) is 12.3 Å². The number of hydrogen-bond acceptors (Lipinski definition) is 3. The van der Waals surface area contributed by atoms with E-state index in [0.29, 0.717) is 11.5 Å². The predicted molar refractivity (Wildman–Crippen MR) is 68.4 cm³/mol. The Kier molecular flexibility index (Phi) is 2.78. The van der Waals surface area contributed by atoms with Gasteiger partial charge in [-0.25, -0.2) is 4.98 Å². The maximum Gasteiger partial charge on any atom is 0.149 e. The topological polar surface area (TPSA) is 50.9 Å². The van der Waals surface area contributed by atoms with Crippen LogP contribution in [0.2, 0.25) is 0 Å². The molecule has 0 bridgehead atoms. The molecule has 1 atom stereocenters. The lowest BCUT2D eigenvalue weighted by Crippen LogP contribution is -2.31. The van der Waals surface area contributed by atoms with Gasteiger partial charge in [0.05, 0.1) is 5.69 Å². The molecule has 0 saturated heterocycles. The molecular weight excluding hydrogens is 198 g/mol. The van der Waals surface area contributed by atoms with E-state index >= 15 is 0 Å². The Morgan fingerprint density at radius 3 is 2.81 bits per heavy atom. The molecule has 3 heteroatoms. The zero-order chi connectivity index (χ0) is 11.8. The second-order valence-corrected chi connectivity index (χ2v) is 5.53. The van der Waals surface area contributed by atoms with Crippen LogP contribution in [0.25, 0.3) is 0 Å². The molecule has 1 saturated carbocycles. The second-order valence-electron chi connectivity index (χ2n) is 5.53. The van der Waals surface area contributed by atoms with Crippen molar-refractivity contribution >= 4 is 11.5 Å². The Balaban J connectivity index is 2.15. The summed E-state index contributed by atoms with van der Waals surface area (Å²) < 4.78 is 0. The van der Waals surface area contributed by atoms with Crippen LogP contribution in [0.3, 0.4) is 0 Å². The third kappa shape index (κ3) is 2.13. The van der Waals surface area contributed by atoms with Crippen molar-refractivity contribution in [2.24, 2.45) is 5.41 Å². The fourth-order valence-electron chi connectivity index (χ4n) is 2.47. The van der Waals surface area contributed by atoms with Crippen LogP contribution in [0.4, 0.5) is 11.5 Å². The minimum atomic E-state index is 0.346. The minimum absolute atomic E-state index is 0.346. The van der Waals surface area contributed by atoms with Crippen LogP contribution < -0.4 is 11.1 Å². The Hall–Kier alpha value is -1.25. The van der Waals surface area contributed by atoms with Crippen molar-refractivity contribution in [1.82, 2.24) is 4.98 Å². The van der Waals surface area contributed by atoms with E-state index in [2.05, 4.69) is 24.1 Å². The van der Waals surface area contributed by atoms with Crippen molar-refractivity contribution in [3.8, 4) is 0 Å². The molecule has 1 aromatic rings. The first kappa shape index (κ1) is 11.2. The van der Waals surface area contributed by atoms with Crippen LogP contribution in [-0.2, 0) is 0 Å². The monoisotopic (exact) mass is 219 g/mol. The number of nitrogens with two attached hydrogens (primary N) is 1. The van der Waals surface area contributed by atoms with Gasteiger partial charge in [0, 0.05) is 12.2 Å². The zero-order valence-corrected chi connectivity index (χ0v) is 10.4. The molecule has 0 amide bonds. The highest BCUT2D eigenvalue weighted by Gasteiger charge is 2.34. The molecule has 1 unspecified atom stereocenters. The summed E-state index contributed by atoms with van der Waals surface area (Å²) in [4.78, 5) is 4.37. The van der Waals surface area contributed by atoms with Crippen molar-refractivity contribution in [3.63, 3.8) is 0 Å². The molecule has 2 rings (SSSR count). The lowest BCUT2D eigenvalue weighted by molar-refractivity contribution is 0.349. The Labute approximate surface area is 97.5 Å². The summed E-state index contributed by atoms with van der Waals surface area (Å²) in [6, 6.07) is 2.46. The first-order valence-corrected chi connectivity index (χ1v) is 5.98. The van der Waals surface area contributed by atoms with Gasteiger partial charge in [0.15, 0.2) is 0 Å². The molecule has 0 radical (unpaired) electrons. The predicted octanol–water partition coefficient (Wildman–Crippen LogP) is 2.96. The Morgan fingerprint density at radius 1 is 1.50 bits per heavy atom. The van der Waals surface area contributed by atoms with E-state index < -0.39 is 0 Å². The quantitative estimate of drug-likeness (QED) is 0.804. The normalized spacial score (nSPS) is 23.3. The van der Waals surface area contributed by atoms with Crippen LogP contribution in [0.1, 0.15) is 38.7 Å². The highest BCUT2D eigenvalue weighted by Crippen LogP contribution is 2.39. The number of aromatic nitrogens is 1. The summed E-state index contributed by atoms with van der Waals surface area (Å²) in [5, 5.41) is 3.49. The van der Waals surface area contributed by atoms with Gasteiger partial charge in [-0.15, -0.1) is 0 Å². The van der Waals surface area contributed by atoms with E-state index in [-0.39, 0.29) is 0 Å². The summed E-state index contributed by atoms with van der Waals surface area (Å²) >= 11 is 0. The zero-order valence-electron chi connectivity index (χ0n) is 10.4. The number of nitrogen functional groups attached to an aromatic ring is 1. The molecule has 0 spiro atoms. The molecule has 1 fully saturated rings. The first-order valence-electron chi connectivity index (χ1n) is 5.98. The van der Waals surface area contributed by atoms with Crippen LogP contribution in [-0.4, -0.2) is 11.0 Å². The lowest BCUT2D eigenvalue weighted by atomic mass is 9.87. The van der Waals surface area contributed by atoms with E-state index in [1.165, 1.54) is 19.3 Å². The van der Waals surface area contributed by atoms with Gasteiger partial charge in [0.2, 0.25) is 0 Å². The fourth-order valence-corrected chi connectivity index (χ4v) is 2.47. The summed E-state index contributed by atoms with van der Waals surface area (Å²) in [7, 11) is 0. The maximum absolute atomic E-state index is 5.96. The standard InChI is InChI=1S/C13H21N3/c1-9-7-10(14)12(15-8-9)16-11-5-4-6-13(11,2)3/h7-8,11H,4-6,14H2,1-3H3,(H,15,16). The molecule has 3 N–H and O–H groups in total. The van der Waals surface area contributed by atoms with Crippen molar-refractivity contribution in [3.05, 3.63) is 17.8 Å². The van der Waals surface area contributed by atoms with E-state index in [0.717, 1.165) is 17.1 Å². The number of anilines is 2. The van der Waals surface area contributed by atoms with Crippen molar-refractivity contribution in [2.75, 3.05) is 11.1 Å². The molecule has 88 valence electrons. The summed E-state index contributed by atoms with van der Waals surface area (Å²) in [5.74, 6) is 0.838. The van der Waals surface area contributed by atoms with Gasteiger partial charge in [0.1, 0.15) is 5.82 Å². The Bertz CT molecular complexity index is 385. The van der Waals surface area contributed by atoms with Crippen LogP contribution >= 0.6 is 0 Å². The van der Waals surface area contributed by atoms with Crippen LogP contribution in [0.15, 0.2) is 12.3 Å². The van der Waals surface area contributed by atoms with Gasteiger partial charge in [0.25, 0.3) is 0 Å². The number of hydrogen-bond donors (Lipinski definition) is 2. The van der Waals surface area contributed by atoms with Crippen molar-refractivity contribution in [2.45, 2.75) is 46.1 Å². The average Bonchev–Trinajstić information content (AvgIpc) is 2.50. The van der Waals surface area contributed by atoms with Crippen LogP contribution in [0.5, 0.6) is 0 Å². The molecule has 1 aliphatic rings. The third-order valence-corrected chi connectivity index (χ3v) is 3.62. The van der Waals surface area contributed by atoms with Gasteiger partial charge < -0.3 is 11.1 Å². The third-order valence-electron chi connectivity index (χ3n) is 3.62. The van der Waals surface area contributed by atoms with Crippen molar-refractivity contribution in [1.29, 1.82) is 0 Å². The second kappa shape index (κ2) is 3.96. The number of rotatable bonds is 2. The van der Waals surface area contributed by atoms with Gasteiger partial charge in [-0.3, -0.25) is 0 Å². The number of nitrogens with zero attached hydrogens (tertiary/aromatic N) is 1. The van der Waals surface area contributed by atoms with Crippen molar-refractivity contribution < 1.29 is 0 Å². The molecule has 1 aromatic heterocycles. The minimum Gasteiger partial charge on any atom is -0.396 e. The molecule has 3 nitrogen and oxygen atoms in total. The van der Waals surface area contributed by atoms with Gasteiger partial charge in [-0.2, -0.15) is 0 Å². The molecule has 1 heterocycles. The van der Waals surface area contributed by atoms with E-state index in [1.807, 2.05) is 19.2 Å². The summed E-state index contributed by atoms with van der Waals surface area (Å²) in [5.41, 5.74) is 8.17. The Morgan fingerprint density at radius 2 is 2.25 bits per heavy atom. The summed E-state index contributed by atoms with van der Waals surface area (Å²) in [6.45, 7) is 6.62. The van der Waals surface area contributed by atoms with Gasteiger partial charge in [-0.05, 0) is 36.8 Å². The SMILES string of the molecule is Cc1cnc(NC2CCCC2(C)C)c(N)c1. The molecule has 0 aromatic carbocycles. The van der Waals surface area contributed by atoms with E-state index in [4.69, 9.17) is 5.73 Å². The molecule has 16 heavy (non-hydrogen) atoms. The number of pyridine rings is 1. The molecular formula is C13H21N3. The summed E-state index contributed by atoms with van der Waals surface area (Å²) in [6.07, 6.45) is 5.63.